The highest BCUT2D eigenvalue weighted by Crippen LogP contribution is 2.35. The number of carbonyl (C=O) groups is 1. The fraction of sp³-hybridized carbons (Fsp3) is 0.958. The summed E-state index contributed by atoms with van der Waals surface area (Å²) in [7, 11) is 0. The molecule has 2 aliphatic carbocycles. The smallest absolute Gasteiger partial charge is 0.123 e. The van der Waals surface area contributed by atoms with Gasteiger partial charge in [-0.15, -0.1) is 0 Å². The molecule has 0 aromatic rings. The van der Waals surface area contributed by atoms with E-state index in [-0.39, 0.29) is 0 Å². The standard InChI is InChI=1S/C24H44O/c1-2-3-10-22-13-9-14-23(19-22)12-8-6-4-5-7-11-21-15-17-24(20-25)18-16-21/h20-24H,2-19H2,1H3. The van der Waals surface area contributed by atoms with E-state index in [1.807, 2.05) is 0 Å². The molecule has 0 N–H and O–H groups in total. The summed E-state index contributed by atoms with van der Waals surface area (Å²) in [5.74, 6) is 3.44. The summed E-state index contributed by atoms with van der Waals surface area (Å²) < 4.78 is 0. The molecule has 0 heterocycles. The van der Waals surface area contributed by atoms with E-state index in [1.165, 1.54) is 103 Å². The van der Waals surface area contributed by atoms with E-state index >= 15 is 0 Å². The molecule has 2 unspecified atom stereocenters. The molecule has 2 aliphatic rings. The van der Waals surface area contributed by atoms with Crippen molar-refractivity contribution in [2.24, 2.45) is 23.7 Å². The van der Waals surface area contributed by atoms with Crippen LogP contribution in [0, 0.1) is 23.7 Å². The van der Waals surface area contributed by atoms with Gasteiger partial charge in [0.15, 0.2) is 0 Å². The molecule has 0 spiro atoms. The van der Waals surface area contributed by atoms with E-state index in [0.717, 1.165) is 30.6 Å². The van der Waals surface area contributed by atoms with Crippen molar-refractivity contribution in [3.05, 3.63) is 0 Å². The number of hydrogen-bond acceptors (Lipinski definition) is 1. The Labute approximate surface area is 157 Å². The highest BCUT2D eigenvalue weighted by molar-refractivity contribution is 5.53. The van der Waals surface area contributed by atoms with Crippen molar-refractivity contribution in [2.75, 3.05) is 0 Å². The zero-order valence-electron chi connectivity index (χ0n) is 17.0. The molecule has 146 valence electrons. The van der Waals surface area contributed by atoms with Gasteiger partial charge in [-0.05, 0) is 49.9 Å². The molecule has 2 fully saturated rings. The minimum absolute atomic E-state index is 0.387. The van der Waals surface area contributed by atoms with E-state index in [4.69, 9.17) is 0 Å². The van der Waals surface area contributed by atoms with Crippen LogP contribution >= 0.6 is 0 Å². The summed E-state index contributed by atoms with van der Waals surface area (Å²) in [4.78, 5) is 10.8. The van der Waals surface area contributed by atoms with Gasteiger partial charge in [0.25, 0.3) is 0 Å². The van der Waals surface area contributed by atoms with E-state index in [2.05, 4.69) is 6.92 Å². The van der Waals surface area contributed by atoms with Crippen LogP contribution in [0.5, 0.6) is 0 Å². The molecule has 0 aliphatic heterocycles. The molecule has 0 aromatic heterocycles. The molecule has 2 rings (SSSR count). The van der Waals surface area contributed by atoms with Crippen molar-refractivity contribution in [3.63, 3.8) is 0 Å². The van der Waals surface area contributed by atoms with E-state index < -0.39 is 0 Å². The summed E-state index contributed by atoms with van der Waals surface area (Å²) in [6, 6.07) is 0. The van der Waals surface area contributed by atoms with Crippen molar-refractivity contribution >= 4 is 6.29 Å². The highest BCUT2D eigenvalue weighted by Gasteiger charge is 2.21. The normalized spacial score (nSPS) is 30.3. The van der Waals surface area contributed by atoms with Crippen molar-refractivity contribution in [2.45, 2.75) is 122 Å². The average molecular weight is 349 g/mol. The van der Waals surface area contributed by atoms with Crippen LogP contribution in [-0.4, -0.2) is 6.29 Å². The molecule has 2 saturated carbocycles. The highest BCUT2D eigenvalue weighted by atomic mass is 16.1. The summed E-state index contributed by atoms with van der Waals surface area (Å²) in [6.45, 7) is 2.33. The van der Waals surface area contributed by atoms with Crippen LogP contribution in [0.25, 0.3) is 0 Å². The molecular weight excluding hydrogens is 304 g/mol. The van der Waals surface area contributed by atoms with E-state index in [9.17, 15) is 4.79 Å². The van der Waals surface area contributed by atoms with Crippen molar-refractivity contribution in [3.8, 4) is 0 Å². The van der Waals surface area contributed by atoms with Gasteiger partial charge in [0.1, 0.15) is 6.29 Å². The third kappa shape index (κ3) is 8.74. The third-order valence-corrected chi connectivity index (χ3v) is 7.17. The molecule has 0 amide bonds. The number of aldehydes is 1. The van der Waals surface area contributed by atoms with E-state index in [0.29, 0.717) is 5.92 Å². The van der Waals surface area contributed by atoms with Gasteiger partial charge in [0, 0.05) is 5.92 Å². The monoisotopic (exact) mass is 348 g/mol. The predicted molar refractivity (Wildman–Crippen MR) is 109 cm³/mol. The molecule has 0 bridgehead atoms. The Bertz CT molecular complexity index is 329. The van der Waals surface area contributed by atoms with Crippen molar-refractivity contribution < 1.29 is 4.79 Å². The minimum Gasteiger partial charge on any atom is -0.303 e. The van der Waals surface area contributed by atoms with Crippen molar-refractivity contribution in [1.82, 2.24) is 0 Å². The third-order valence-electron chi connectivity index (χ3n) is 7.17. The molecule has 25 heavy (non-hydrogen) atoms. The number of hydrogen-bond donors (Lipinski definition) is 0. The molecule has 0 radical (unpaired) electrons. The van der Waals surface area contributed by atoms with Gasteiger partial charge >= 0.3 is 0 Å². The minimum atomic E-state index is 0.387. The second-order valence-electron chi connectivity index (χ2n) is 9.30. The lowest BCUT2D eigenvalue weighted by Gasteiger charge is -2.29. The lowest BCUT2D eigenvalue weighted by atomic mass is 9.77. The summed E-state index contributed by atoms with van der Waals surface area (Å²) in [6.07, 6.45) is 26.8. The van der Waals surface area contributed by atoms with Gasteiger partial charge in [-0.1, -0.05) is 90.4 Å². The van der Waals surface area contributed by atoms with Crippen molar-refractivity contribution in [1.29, 1.82) is 0 Å². The van der Waals surface area contributed by atoms with Gasteiger partial charge in [-0.2, -0.15) is 0 Å². The predicted octanol–water partition coefficient (Wildman–Crippen LogP) is 7.72. The zero-order chi connectivity index (χ0) is 17.7. The van der Waals surface area contributed by atoms with Crippen LogP contribution in [0.1, 0.15) is 122 Å². The quantitative estimate of drug-likeness (QED) is 0.260. The maximum absolute atomic E-state index is 10.8. The van der Waals surface area contributed by atoms with Crippen LogP contribution in [0.3, 0.4) is 0 Å². The number of unbranched alkanes of at least 4 members (excludes halogenated alkanes) is 5. The largest absolute Gasteiger partial charge is 0.303 e. The van der Waals surface area contributed by atoms with Gasteiger partial charge in [-0.25, -0.2) is 0 Å². The topological polar surface area (TPSA) is 17.1 Å². The average Bonchev–Trinajstić information content (AvgIpc) is 2.66. The SMILES string of the molecule is CCCCC1CCCC(CCCCCCCC2CCC(C=O)CC2)C1. The Morgan fingerprint density at radius 3 is 1.84 bits per heavy atom. The van der Waals surface area contributed by atoms with Gasteiger partial charge in [0.05, 0.1) is 0 Å². The maximum Gasteiger partial charge on any atom is 0.123 e. The van der Waals surface area contributed by atoms with Crippen LogP contribution in [-0.2, 0) is 4.79 Å². The summed E-state index contributed by atoms with van der Waals surface area (Å²) in [5, 5.41) is 0. The Morgan fingerprint density at radius 2 is 1.24 bits per heavy atom. The first-order chi connectivity index (χ1) is 12.3. The second-order valence-corrected chi connectivity index (χ2v) is 9.30. The zero-order valence-corrected chi connectivity index (χ0v) is 17.0. The fourth-order valence-corrected chi connectivity index (χ4v) is 5.43. The first kappa shape index (κ1) is 21.0. The lowest BCUT2D eigenvalue weighted by Crippen LogP contribution is -2.15. The molecule has 1 heteroatoms. The van der Waals surface area contributed by atoms with Crippen LogP contribution in [0.15, 0.2) is 0 Å². The summed E-state index contributed by atoms with van der Waals surface area (Å²) in [5.41, 5.74) is 0. The second kappa shape index (κ2) is 12.9. The van der Waals surface area contributed by atoms with Crippen LogP contribution in [0.2, 0.25) is 0 Å². The molecule has 2 atom stereocenters. The van der Waals surface area contributed by atoms with Gasteiger partial charge in [-0.3, -0.25) is 0 Å². The molecule has 0 saturated heterocycles. The summed E-state index contributed by atoms with van der Waals surface area (Å²) >= 11 is 0. The maximum atomic E-state index is 10.8. The molecule has 1 nitrogen and oxygen atoms in total. The molecule has 0 aromatic carbocycles. The Hall–Kier alpha value is -0.330. The Balaban J connectivity index is 1.41. The van der Waals surface area contributed by atoms with Crippen LogP contribution < -0.4 is 0 Å². The van der Waals surface area contributed by atoms with Gasteiger partial charge < -0.3 is 4.79 Å². The Morgan fingerprint density at radius 1 is 0.680 bits per heavy atom. The number of carbonyl (C=O) groups excluding carboxylic acids is 1. The molecular formula is C24H44O. The number of rotatable bonds is 12. The van der Waals surface area contributed by atoms with Gasteiger partial charge in [0.2, 0.25) is 0 Å². The first-order valence-corrected chi connectivity index (χ1v) is 11.8. The first-order valence-electron chi connectivity index (χ1n) is 11.8. The Kier molecular flexibility index (Phi) is 10.9. The lowest BCUT2D eigenvalue weighted by molar-refractivity contribution is -0.112. The van der Waals surface area contributed by atoms with E-state index in [1.54, 1.807) is 6.42 Å². The fourth-order valence-electron chi connectivity index (χ4n) is 5.43. The van der Waals surface area contributed by atoms with Crippen LogP contribution in [0.4, 0.5) is 0 Å².